The van der Waals surface area contributed by atoms with Crippen LogP contribution in [0.3, 0.4) is 0 Å². The second kappa shape index (κ2) is 5.11. The van der Waals surface area contributed by atoms with Crippen LogP contribution in [-0.4, -0.2) is 65.2 Å². The average Bonchev–Trinajstić information content (AvgIpc) is 2.81. The molecule has 0 aromatic heterocycles. The molecule has 2 rings (SSSR count). The zero-order valence-electron chi connectivity index (χ0n) is 8.93. The maximum atomic E-state index is 11.3. The highest BCUT2D eigenvalue weighted by molar-refractivity contribution is 5.82. The van der Waals surface area contributed by atoms with Gasteiger partial charge in [-0.15, -0.1) is 0 Å². The molecule has 96 valence electrons. The molecule has 7 heteroatoms. The molecule has 2 saturated heterocycles. The van der Waals surface area contributed by atoms with Crippen LogP contribution in [0, 0.1) is 0 Å². The molecule has 0 saturated carbocycles. The van der Waals surface area contributed by atoms with Gasteiger partial charge < -0.3 is 29.5 Å². The highest BCUT2D eigenvalue weighted by Gasteiger charge is 2.48. The Morgan fingerprint density at radius 2 is 2.00 bits per heavy atom. The van der Waals surface area contributed by atoms with E-state index >= 15 is 0 Å². The monoisotopic (exact) mass is 246 g/mol. The van der Waals surface area contributed by atoms with E-state index in [1.165, 1.54) is 0 Å². The zero-order valence-corrected chi connectivity index (χ0v) is 8.93. The Balaban J connectivity index is 1.86. The second-order valence-electron chi connectivity index (χ2n) is 3.91. The van der Waals surface area contributed by atoms with Crippen molar-refractivity contribution >= 4 is 5.97 Å². The lowest BCUT2D eigenvalue weighted by Gasteiger charge is -2.15. The number of carbonyl (C=O) groups is 1. The minimum Gasteiger partial charge on any atom is -0.454 e. The van der Waals surface area contributed by atoms with Crippen molar-refractivity contribution in [2.75, 3.05) is 13.2 Å². The molecule has 3 N–H and O–H groups in total. The molecule has 0 bridgehead atoms. The van der Waals surface area contributed by atoms with Crippen molar-refractivity contribution < 1.29 is 34.3 Å². The van der Waals surface area contributed by atoms with E-state index in [-0.39, 0.29) is 13.2 Å². The van der Waals surface area contributed by atoms with Gasteiger partial charge >= 0.3 is 5.97 Å². The number of carbonyl (C=O) groups excluding carboxylic acids is 1. The van der Waals surface area contributed by atoms with Crippen molar-refractivity contribution in [1.29, 1.82) is 0 Å². The first-order valence-electron chi connectivity index (χ1n) is 5.24. The third kappa shape index (κ3) is 2.82. The molecule has 17 heavy (non-hydrogen) atoms. The summed E-state index contributed by atoms with van der Waals surface area (Å²) in [4.78, 5) is 11.3. The van der Waals surface area contributed by atoms with Crippen LogP contribution in [-0.2, 0) is 19.0 Å². The molecule has 7 nitrogen and oxygen atoms in total. The molecule has 0 unspecified atom stereocenters. The molecule has 0 aromatic carbocycles. The molecule has 0 aromatic rings. The van der Waals surface area contributed by atoms with E-state index < -0.39 is 36.7 Å². The Morgan fingerprint density at radius 1 is 1.29 bits per heavy atom. The lowest BCUT2D eigenvalue weighted by atomic mass is 10.1. The van der Waals surface area contributed by atoms with Crippen LogP contribution in [0.4, 0.5) is 0 Å². The first-order chi connectivity index (χ1) is 8.08. The molecule has 2 aliphatic rings. The molecule has 2 fully saturated rings. The third-order valence-corrected chi connectivity index (χ3v) is 2.65. The zero-order chi connectivity index (χ0) is 12.4. The predicted octanol–water partition coefficient (Wildman–Crippen LogP) is -2.08. The first kappa shape index (κ1) is 12.5. The van der Waals surface area contributed by atoms with Gasteiger partial charge in [-0.25, -0.2) is 4.79 Å². The number of aliphatic hydroxyl groups is 3. The fourth-order valence-corrected chi connectivity index (χ4v) is 1.90. The Hall–Kier alpha value is -0.990. The lowest BCUT2D eigenvalue weighted by Crippen LogP contribution is -2.33. The van der Waals surface area contributed by atoms with Crippen LogP contribution in [0.25, 0.3) is 0 Å². The summed E-state index contributed by atoms with van der Waals surface area (Å²) in [6, 6.07) is 0. The highest BCUT2D eigenvalue weighted by Crippen LogP contribution is 2.28. The van der Waals surface area contributed by atoms with E-state index in [1.807, 2.05) is 0 Å². The van der Waals surface area contributed by atoms with Crippen molar-refractivity contribution in [3.63, 3.8) is 0 Å². The number of esters is 1. The van der Waals surface area contributed by atoms with Gasteiger partial charge in [0.2, 0.25) is 0 Å². The van der Waals surface area contributed by atoms with Gasteiger partial charge in [0.05, 0.1) is 13.2 Å². The second-order valence-corrected chi connectivity index (χ2v) is 3.91. The Kier molecular flexibility index (Phi) is 3.75. The standard InChI is InChI=1S/C10H14O7/c11-5-3-15-10-6(4-16-9(5)10)17-8(14)2-1-7(12)13/h1-2,5-7,9-13H,3-4H2/b2-1+/t5-,6-,9-,10-/m1/s1. The van der Waals surface area contributed by atoms with Crippen LogP contribution in [0.2, 0.25) is 0 Å². The summed E-state index contributed by atoms with van der Waals surface area (Å²) in [6.45, 7) is 0.322. The fraction of sp³-hybridized carbons (Fsp3) is 0.700. The molecule has 0 radical (unpaired) electrons. The van der Waals surface area contributed by atoms with Gasteiger partial charge in [0.25, 0.3) is 0 Å². The third-order valence-electron chi connectivity index (χ3n) is 2.65. The Labute approximate surface area is 97.2 Å². The Morgan fingerprint density at radius 3 is 2.71 bits per heavy atom. The van der Waals surface area contributed by atoms with E-state index in [2.05, 4.69) is 0 Å². The van der Waals surface area contributed by atoms with Crippen molar-refractivity contribution in [1.82, 2.24) is 0 Å². The van der Waals surface area contributed by atoms with Gasteiger partial charge in [-0.1, -0.05) is 0 Å². The van der Waals surface area contributed by atoms with Gasteiger partial charge in [-0.05, 0) is 6.08 Å². The van der Waals surface area contributed by atoms with Crippen LogP contribution in [0.15, 0.2) is 12.2 Å². The van der Waals surface area contributed by atoms with Crippen molar-refractivity contribution in [2.45, 2.75) is 30.7 Å². The van der Waals surface area contributed by atoms with E-state index in [4.69, 9.17) is 24.4 Å². The number of ether oxygens (including phenoxy) is 3. The molecule has 2 heterocycles. The summed E-state index contributed by atoms with van der Waals surface area (Å²) in [5.74, 6) is -0.711. The van der Waals surface area contributed by atoms with Gasteiger partial charge in [-0.2, -0.15) is 0 Å². The molecule has 4 atom stereocenters. The SMILES string of the molecule is O=C(/C=C/C(O)O)O[C@@H]1CO[C@H]2[C@@H]1OC[C@H]2O. The summed E-state index contributed by atoms with van der Waals surface area (Å²) in [5, 5.41) is 26.5. The summed E-state index contributed by atoms with van der Waals surface area (Å²) in [7, 11) is 0. The van der Waals surface area contributed by atoms with Gasteiger partial charge in [0, 0.05) is 6.08 Å². The molecular formula is C10H14O7. The highest BCUT2D eigenvalue weighted by atomic mass is 16.6. The molecular weight excluding hydrogens is 232 g/mol. The quantitative estimate of drug-likeness (QED) is 0.298. The Bertz CT molecular complexity index is 314. The maximum absolute atomic E-state index is 11.3. The number of aliphatic hydroxyl groups excluding tert-OH is 2. The number of hydrogen-bond acceptors (Lipinski definition) is 7. The number of rotatable bonds is 3. The lowest BCUT2D eigenvalue weighted by molar-refractivity contribution is -0.147. The van der Waals surface area contributed by atoms with Crippen LogP contribution in [0.5, 0.6) is 0 Å². The summed E-state index contributed by atoms with van der Waals surface area (Å²) in [6.07, 6.45) is -2.08. The normalized spacial score (nSPS) is 36.7. The predicted molar refractivity (Wildman–Crippen MR) is 52.7 cm³/mol. The van der Waals surface area contributed by atoms with Crippen LogP contribution >= 0.6 is 0 Å². The summed E-state index contributed by atoms with van der Waals surface area (Å²) in [5.41, 5.74) is 0. The van der Waals surface area contributed by atoms with Gasteiger partial charge in [0.15, 0.2) is 12.4 Å². The number of hydrogen-bond donors (Lipinski definition) is 3. The molecule has 0 aliphatic carbocycles. The largest absolute Gasteiger partial charge is 0.454 e. The average molecular weight is 246 g/mol. The van der Waals surface area contributed by atoms with E-state index in [9.17, 15) is 9.90 Å². The maximum Gasteiger partial charge on any atom is 0.331 e. The van der Waals surface area contributed by atoms with Crippen LogP contribution < -0.4 is 0 Å². The van der Waals surface area contributed by atoms with Gasteiger partial charge in [-0.3, -0.25) is 0 Å². The van der Waals surface area contributed by atoms with Gasteiger partial charge in [0.1, 0.15) is 18.3 Å². The first-order valence-corrected chi connectivity index (χ1v) is 5.24. The van der Waals surface area contributed by atoms with E-state index in [0.29, 0.717) is 0 Å². The topological polar surface area (TPSA) is 105 Å². The van der Waals surface area contributed by atoms with Crippen molar-refractivity contribution in [2.24, 2.45) is 0 Å². The minimum atomic E-state index is -1.69. The van der Waals surface area contributed by atoms with E-state index in [1.54, 1.807) is 0 Å². The molecule has 2 aliphatic heterocycles. The molecule has 0 amide bonds. The summed E-state index contributed by atoms with van der Waals surface area (Å²) >= 11 is 0. The molecule has 0 spiro atoms. The fourth-order valence-electron chi connectivity index (χ4n) is 1.90. The summed E-state index contributed by atoms with van der Waals surface area (Å²) < 4.78 is 15.5. The van der Waals surface area contributed by atoms with Crippen molar-refractivity contribution in [3.05, 3.63) is 12.2 Å². The van der Waals surface area contributed by atoms with Crippen molar-refractivity contribution in [3.8, 4) is 0 Å². The van der Waals surface area contributed by atoms with Crippen LogP contribution in [0.1, 0.15) is 0 Å². The van der Waals surface area contributed by atoms with E-state index in [0.717, 1.165) is 12.2 Å². The number of fused-ring (bicyclic) bond motifs is 1. The smallest absolute Gasteiger partial charge is 0.331 e. The minimum absolute atomic E-state index is 0.160.